The van der Waals surface area contributed by atoms with Crippen molar-refractivity contribution in [2.24, 2.45) is 5.41 Å². The molecule has 0 aliphatic heterocycles. The minimum absolute atomic E-state index is 0.118. The van der Waals surface area contributed by atoms with Crippen molar-refractivity contribution in [3.05, 3.63) is 47.1 Å². The molecule has 1 aliphatic rings. The van der Waals surface area contributed by atoms with E-state index in [9.17, 15) is 5.11 Å². The van der Waals surface area contributed by atoms with Crippen molar-refractivity contribution < 1.29 is 5.11 Å². The number of nitrogens with zero attached hydrogens (tertiary/aromatic N) is 2. The standard InChI is InChI=1S/C16H19ClN4O/c17-13-6-14(21-15(18)20-13)19-9-16(10-22)7-12(8-16)11-4-2-1-3-5-11/h1-6,12,22H,7-10H2,(H3,18,19,20,21). The van der Waals surface area contributed by atoms with Crippen LogP contribution < -0.4 is 11.1 Å². The maximum absolute atomic E-state index is 9.76. The van der Waals surface area contributed by atoms with Gasteiger partial charge in [-0.15, -0.1) is 0 Å². The van der Waals surface area contributed by atoms with Gasteiger partial charge in [0.2, 0.25) is 5.95 Å². The zero-order valence-corrected chi connectivity index (χ0v) is 12.9. The average Bonchev–Trinajstić information content (AvgIpc) is 2.46. The maximum atomic E-state index is 9.76. The second-order valence-corrected chi connectivity index (χ2v) is 6.35. The van der Waals surface area contributed by atoms with Gasteiger partial charge in [-0.05, 0) is 24.3 Å². The Bertz CT molecular complexity index is 624. The third-order valence-electron chi connectivity index (χ3n) is 4.32. The maximum Gasteiger partial charge on any atom is 0.223 e. The van der Waals surface area contributed by atoms with E-state index in [1.165, 1.54) is 5.56 Å². The lowest BCUT2D eigenvalue weighted by Gasteiger charge is -2.47. The lowest BCUT2D eigenvalue weighted by molar-refractivity contribution is 0.0376. The SMILES string of the molecule is Nc1nc(Cl)cc(NCC2(CO)CC(c3ccccc3)C2)n1. The van der Waals surface area contributed by atoms with E-state index in [4.69, 9.17) is 17.3 Å². The predicted molar refractivity (Wildman–Crippen MR) is 87.9 cm³/mol. The molecule has 1 fully saturated rings. The summed E-state index contributed by atoms with van der Waals surface area (Å²) in [6, 6.07) is 12.0. The molecular formula is C16H19ClN4O. The van der Waals surface area contributed by atoms with Gasteiger partial charge in [-0.25, -0.2) is 4.98 Å². The van der Waals surface area contributed by atoms with Crippen molar-refractivity contribution in [2.75, 3.05) is 24.2 Å². The number of aliphatic hydroxyl groups excluding tert-OH is 1. The van der Waals surface area contributed by atoms with Crippen molar-refractivity contribution in [3.8, 4) is 0 Å². The Morgan fingerprint density at radius 2 is 2.00 bits per heavy atom. The molecule has 1 aromatic heterocycles. The highest BCUT2D eigenvalue weighted by molar-refractivity contribution is 6.29. The molecule has 0 saturated heterocycles. The first-order valence-electron chi connectivity index (χ1n) is 7.30. The first-order valence-corrected chi connectivity index (χ1v) is 7.68. The number of hydrogen-bond acceptors (Lipinski definition) is 5. The van der Waals surface area contributed by atoms with Gasteiger partial charge in [0.25, 0.3) is 0 Å². The molecule has 0 atom stereocenters. The number of halogens is 1. The van der Waals surface area contributed by atoms with E-state index >= 15 is 0 Å². The number of hydrogen-bond donors (Lipinski definition) is 3. The number of nitrogens with one attached hydrogen (secondary N) is 1. The normalized spacial score (nSPS) is 23.8. The van der Waals surface area contributed by atoms with E-state index in [0.29, 0.717) is 23.4 Å². The summed E-state index contributed by atoms with van der Waals surface area (Å²) in [6.07, 6.45) is 1.91. The van der Waals surface area contributed by atoms with Crippen LogP contribution in [0.5, 0.6) is 0 Å². The lowest BCUT2D eigenvalue weighted by atomic mass is 9.60. The van der Waals surface area contributed by atoms with Crippen LogP contribution in [0.4, 0.5) is 11.8 Å². The third-order valence-corrected chi connectivity index (χ3v) is 4.52. The molecule has 0 bridgehead atoms. The molecule has 6 heteroatoms. The fraction of sp³-hybridized carbons (Fsp3) is 0.375. The number of aliphatic hydroxyl groups is 1. The first-order chi connectivity index (χ1) is 10.6. The van der Waals surface area contributed by atoms with E-state index in [1.807, 2.05) is 6.07 Å². The van der Waals surface area contributed by atoms with Crippen LogP contribution in [-0.4, -0.2) is 28.2 Å². The Morgan fingerprint density at radius 1 is 1.27 bits per heavy atom. The van der Waals surface area contributed by atoms with Gasteiger partial charge in [-0.1, -0.05) is 41.9 Å². The van der Waals surface area contributed by atoms with Crippen LogP contribution in [-0.2, 0) is 0 Å². The lowest BCUT2D eigenvalue weighted by Crippen LogP contribution is -2.44. The van der Waals surface area contributed by atoms with Gasteiger partial charge in [-0.2, -0.15) is 4.98 Å². The third kappa shape index (κ3) is 3.15. The molecule has 0 unspecified atom stereocenters. The number of aromatic nitrogens is 2. The fourth-order valence-corrected chi connectivity index (χ4v) is 3.27. The van der Waals surface area contributed by atoms with Crippen LogP contribution in [0.2, 0.25) is 5.15 Å². The summed E-state index contributed by atoms with van der Waals surface area (Å²) in [5, 5.41) is 13.3. The number of nitrogens with two attached hydrogens (primary N) is 1. The Hall–Kier alpha value is -1.85. The van der Waals surface area contributed by atoms with E-state index in [-0.39, 0.29) is 18.0 Å². The molecule has 22 heavy (non-hydrogen) atoms. The minimum atomic E-state index is -0.118. The topological polar surface area (TPSA) is 84.1 Å². The largest absolute Gasteiger partial charge is 0.396 e. The van der Waals surface area contributed by atoms with Crippen molar-refractivity contribution in [3.63, 3.8) is 0 Å². The second-order valence-electron chi connectivity index (χ2n) is 5.96. The van der Waals surface area contributed by atoms with Crippen LogP contribution in [0.25, 0.3) is 0 Å². The molecule has 3 rings (SSSR count). The Kier molecular flexibility index (Phi) is 4.18. The highest BCUT2D eigenvalue weighted by Crippen LogP contribution is 2.50. The highest BCUT2D eigenvalue weighted by atomic mass is 35.5. The summed E-state index contributed by atoms with van der Waals surface area (Å²) in [4.78, 5) is 7.92. The molecule has 0 spiro atoms. The van der Waals surface area contributed by atoms with Gasteiger partial charge < -0.3 is 16.2 Å². The molecule has 5 nitrogen and oxygen atoms in total. The van der Waals surface area contributed by atoms with Crippen molar-refractivity contribution in [1.29, 1.82) is 0 Å². The minimum Gasteiger partial charge on any atom is -0.396 e. The number of anilines is 2. The Labute approximate surface area is 134 Å². The Balaban J connectivity index is 1.62. The Morgan fingerprint density at radius 3 is 2.64 bits per heavy atom. The van der Waals surface area contributed by atoms with Crippen LogP contribution in [0, 0.1) is 5.41 Å². The van der Waals surface area contributed by atoms with Crippen molar-refractivity contribution in [2.45, 2.75) is 18.8 Å². The fourth-order valence-electron chi connectivity index (χ4n) is 3.08. The van der Waals surface area contributed by atoms with Crippen LogP contribution >= 0.6 is 11.6 Å². The molecule has 0 radical (unpaired) electrons. The van der Waals surface area contributed by atoms with Crippen molar-refractivity contribution >= 4 is 23.4 Å². The molecule has 1 saturated carbocycles. The van der Waals surface area contributed by atoms with Gasteiger partial charge in [0.1, 0.15) is 11.0 Å². The molecule has 1 aliphatic carbocycles. The quantitative estimate of drug-likeness (QED) is 0.738. The molecule has 1 heterocycles. The van der Waals surface area contributed by atoms with E-state index in [1.54, 1.807) is 6.07 Å². The van der Waals surface area contributed by atoms with Crippen LogP contribution in [0.15, 0.2) is 36.4 Å². The molecule has 116 valence electrons. The van der Waals surface area contributed by atoms with E-state index < -0.39 is 0 Å². The summed E-state index contributed by atoms with van der Waals surface area (Å²) in [6.45, 7) is 0.789. The average molecular weight is 319 g/mol. The summed E-state index contributed by atoms with van der Waals surface area (Å²) in [5.41, 5.74) is 6.80. The first kappa shape index (κ1) is 15.1. The van der Waals surface area contributed by atoms with Crippen LogP contribution in [0.1, 0.15) is 24.3 Å². The van der Waals surface area contributed by atoms with E-state index in [0.717, 1.165) is 12.8 Å². The summed E-state index contributed by atoms with van der Waals surface area (Å²) in [5.74, 6) is 1.24. The predicted octanol–water partition coefficient (Wildman–Crippen LogP) is 2.68. The number of nitrogen functional groups attached to an aromatic ring is 1. The second kappa shape index (κ2) is 6.10. The number of rotatable bonds is 5. The van der Waals surface area contributed by atoms with E-state index in [2.05, 4.69) is 39.6 Å². The zero-order chi connectivity index (χ0) is 15.6. The molecule has 0 amide bonds. The smallest absolute Gasteiger partial charge is 0.223 e. The molecule has 2 aromatic rings. The summed E-state index contributed by atoms with van der Waals surface area (Å²) >= 11 is 5.86. The van der Waals surface area contributed by atoms with Gasteiger partial charge in [0.15, 0.2) is 0 Å². The number of benzene rings is 1. The van der Waals surface area contributed by atoms with Gasteiger partial charge in [-0.3, -0.25) is 0 Å². The summed E-state index contributed by atoms with van der Waals surface area (Å²) < 4.78 is 0. The van der Waals surface area contributed by atoms with Gasteiger partial charge >= 0.3 is 0 Å². The zero-order valence-electron chi connectivity index (χ0n) is 12.2. The molecular weight excluding hydrogens is 300 g/mol. The highest BCUT2D eigenvalue weighted by Gasteiger charge is 2.44. The van der Waals surface area contributed by atoms with Gasteiger partial charge in [0, 0.05) is 18.0 Å². The van der Waals surface area contributed by atoms with Gasteiger partial charge in [0.05, 0.1) is 6.61 Å². The van der Waals surface area contributed by atoms with Crippen molar-refractivity contribution in [1.82, 2.24) is 9.97 Å². The molecule has 4 N–H and O–H groups in total. The molecule has 1 aromatic carbocycles. The summed E-state index contributed by atoms with van der Waals surface area (Å²) in [7, 11) is 0. The van der Waals surface area contributed by atoms with Crippen LogP contribution in [0.3, 0.4) is 0 Å². The monoisotopic (exact) mass is 318 g/mol.